The Morgan fingerprint density at radius 3 is 1.60 bits per heavy atom. The second kappa shape index (κ2) is 17.4. The first-order chi connectivity index (χ1) is 27.4. The van der Waals surface area contributed by atoms with E-state index in [9.17, 15) is 0 Å². The van der Waals surface area contributed by atoms with E-state index in [0.717, 1.165) is 59.1 Å². The standard InChI is InChI=1S/C53H63ClN2S/c1-9-12-15-38-18-23-41(24-19-38)55(42-25-20-39(21-26-42)16-13-10-2)47-32-37(4)33-48(51(47)54)56(49-36-57-50-29-22-40(17-14-11-3)34-44(49)50)43-27-28-45-46(35-43)53(7,8)31-30-52(45,5)6/h18-29,32-36H,9-17,30-31H2,1-8H3. The lowest BCUT2D eigenvalue weighted by Gasteiger charge is -2.42. The normalized spacial score (nSPS) is 14.5. The van der Waals surface area contributed by atoms with Gasteiger partial charge in [0.15, 0.2) is 0 Å². The molecule has 0 saturated carbocycles. The summed E-state index contributed by atoms with van der Waals surface area (Å²) in [4.78, 5) is 4.84. The Balaban J connectivity index is 1.45. The number of hydrogen-bond donors (Lipinski definition) is 0. The molecule has 1 aromatic heterocycles. The van der Waals surface area contributed by atoms with Gasteiger partial charge in [0.1, 0.15) is 0 Å². The molecule has 1 aliphatic rings. The van der Waals surface area contributed by atoms with Gasteiger partial charge in [-0.15, -0.1) is 11.3 Å². The molecule has 2 nitrogen and oxygen atoms in total. The minimum absolute atomic E-state index is 0.0709. The van der Waals surface area contributed by atoms with Crippen molar-refractivity contribution in [1.29, 1.82) is 0 Å². The molecule has 5 aromatic carbocycles. The average molecular weight is 796 g/mol. The van der Waals surface area contributed by atoms with Crippen LogP contribution in [0.1, 0.15) is 133 Å². The summed E-state index contributed by atoms with van der Waals surface area (Å²) in [6.45, 7) is 18.7. The monoisotopic (exact) mass is 794 g/mol. The van der Waals surface area contributed by atoms with E-state index in [1.807, 2.05) is 11.3 Å². The topological polar surface area (TPSA) is 6.48 Å². The van der Waals surface area contributed by atoms with Gasteiger partial charge in [0, 0.05) is 32.5 Å². The van der Waals surface area contributed by atoms with Crippen LogP contribution < -0.4 is 9.80 Å². The SMILES string of the molecule is CCCCc1ccc(N(c2ccc(CCCC)cc2)c2cc(C)cc(N(c3ccc4c(c3)C(C)(C)CCC4(C)C)c3csc4ccc(CCCC)cc34)c2Cl)cc1. The van der Waals surface area contributed by atoms with Crippen molar-refractivity contribution in [2.45, 2.75) is 137 Å². The van der Waals surface area contributed by atoms with E-state index in [1.54, 1.807) is 0 Å². The lowest BCUT2D eigenvalue weighted by atomic mass is 9.63. The molecule has 0 unspecified atom stereocenters. The molecule has 6 aromatic rings. The Kier molecular flexibility index (Phi) is 12.6. The van der Waals surface area contributed by atoms with Crippen molar-refractivity contribution < 1.29 is 0 Å². The highest BCUT2D eigenvalue weighted by Gasteiger charge is 2.38. The van der Waals surface area contributed by atoms with Crippen LogP contribution in [0, 0.1) is 6.92 Å². The third kappa shape index (κ3) is 8.72. The quantitative estimate of drug-likeness (QED) is 0.102. The van der Waals surface area contributed by atoms with Crippen LogP contribution in [0.4, 0.5) is 34.1 Å². The molecule has 0 aliphatic heterocycles. The van der Waals surface area contributed by atoms with Crippen molar-refractivity contribution in [3.63, 3.8) is 0 Å². The van der Waals surface area contributed by atoms with E-state index < -0.39 is 0 Å². The van der Waals surface area contributed by atoms with Crippen LogP contribution in [0.5, 0.6) is 0 Å². The number of benzene rings is 5. The zero-order valence-corrected chi connectivity index (χ0v) is 37.3. The van der Waals surface area contributed by atoms with Gasteiger partial charge in [-0.2, -0.15) is 0 Å². The number of rotatable bonds is 15. The van der Waals surface area contributed by atoms with Crippen molar-refractivity contribution >= 4 is 67.1 Å². The number of unbranched alkanes of at least 4 members (excludes halogenated alkanes) is 3. The molecular formula is C53H63ClN2S. The average Bonchev–Trinajstić information content (AvgIpc) is 3.62. The summed E-state index contributed by atoms with van der Waals surface area (Å²) in [6.07, 6.45) is 12.8. The summed E-state index contributed by atoms with van der Waals surface area (Å²) < 4.78 is 1.30. The van der Waals surface area contributed by atoms with Gasteiger partial charge in [-0.3, -0.25) is 0 Å². The Labute approximate surface area is 352 Å². The van der Waals surface area contributed by atoms with Gasteiger partial charge >= 0.3 is 0 Å². The highest BCUT2D eigenvalue weighted by atomic mass is 35.5. The minimum Gasteiger partial charge on any atom is -0.309 e. The first-order valence-electron chi connectivity index (χ1n) is 21.7. The van der Waals surface area contributed by atoms with Crippen LogP contribution in [-0.2, 0) is 30.1 Å². The van der Waals surface area contributed by atoms with E-state index in [1.165, 1.54) is 94.1 Å². The molecule has 0 atom stereocenters. The largest absolute Gasteiger partial charge is 0.309 e. The van der Waals surface area contributed by atoms with Gasteiger partial charge in [-0.1, -0.05) is 116 Å². The Morgan fingerprint density at radius 1 is 0.544 bits per heavy atom. The second-order valence-corrected chi connectivity index (χ2v) is 19.2. The lowest BCUT2D eigenvalue weighted by Crippen LogP contribution is -2.34. The molecule has 0 N–H and O–H groups in total. The van der Waals surface area contributed by atoms with Crippen LogP contribution >= 0.6 is 22.9 Å². The summed E-state index contributed by atoms with van der Waals surface area (Å²) in [5, 5.41) is 4.37. The number of anilines is 6. The summed E-state index contributed by atoms with van der Waals surface area (Å²) in [5.74, 6) is 0. The van der Waals surface area contributed by atoms with Gasteiger partial charge in [0.05, 0.1) is 22.1 Å². The second-order valence-electron chi connectivity index (χ2n) is 17.9. The van der Waals surface area contributed by atoms with E-state index >= 15 is 0 Å². The molecule has 7 rings (SSSR count). The number of hydrogen-bond acceptors (Lipinski definition) is 3. The molecule has 0 radical (unpaired) electrons. The Morgan fingerprint density at radius 2 is 1.04 bits per heavy atom. The molecule has 0 saturated heterocycles. The zero-order valence-electron chi connectivity index (χ0n) is 35.8. The minimum atomic E-state index is 0.0709. The van der Waals surface area contributed by atoms with E-state index in [2.05, 4.69) is 168 Å². The van der Waals surface area contributed by atoms with E-state index in [4.69, 9.17) is 11.6 Å². The van der Waals surface area contributed by atoms with E-state index in [-0.39, 0.29) is 10.8 Å². The number of halogens is 1. The van der Waals surface area contributed by atoms with Gasteiger partial charge in [0.25, 0.3) is 0 Å². The van der Waals surface area contributed by atoms with Gasteiger partial charge in [-0.25, -0.2) is 0 Å². The summed E-state index contributed by atoms with van der Waals surface area (Å²) >= 11 is 9.78. The van der Waals surface area contributed by atoms with Crippen LogP contribution in [0.2, 0.25) is 5.02 Å². The summed E-state index contributed by atoms with van der Waals surface area (Å²) in [7, 11) is 0. The third-order valence-electron chi connectivity index (χ3n) is 12.5. The molecule has 1 aliphatic carbocycles. The van der Waals surface area contributed by atoms with Crippen molar-refractivity contribution in [3.05, 3.63) is 141 Å². The predicted molar refractivity (Wildman–Crippen MR) is 252 cm³/mol. The molecule has 57 heavy (non-hydrogen) atoms. The fourth-order valence-electron chi connectivity index (χ4n) is 8.76. The highest BCUT2D eigenvalue weighted by molar-refractivity contribution is 7.17. The zero-order chi connectivity index (χ0) is 40.3. The summed E-state index contributed by atoms with van der Waals surface area (Å²) in [6, 6.07) is 37.2. The van der Waals surface area contributed by atoms with Crippen molar-refractivity contribution in [2.75, 3.05) is 9.80 Å². The molecule has 0 spiro atoms. The molecule has 0 amide bonds. The first-order valence-corrected chi connectivity index (χ1v) is 22.9. The Bertz CT molecular complexity index is 2240. The molecule has 1 heterocycles. The molecule has 4 heteroatoms. The fraction of sp³-hybridized carbons (Fsp3) is 0.396. The Hall–Kier alpha value is -4.05. The summed E-state index contributed by atoms with van der Waals surface area (Å²) in [5.41, 5.74) is 15.0. The predicted octanol–water partition coefficient (Wildman–Crippen LogP) is 17.2. The number of fused-ring (bicyclic) bond motifs is 2. The fourth-order valence-corrected chi connectivity index (χ4v) is 9.95. The molecule has 0 bridgehead atoms. The van der Waals surface area contributed by atoms with Gasteiger partial charge in [-0.05, 0) is 163 Å². The maximum absolute atomic E-state index is 7.95. The van der Waals surface area contributed by atoms with Crippen molar-refractivity contribution in [2.24, 2.45) is 0 Å². The van der Waals surface area contributed by atoms with Crippen molar-refractivity contribution in [1.82, 2.24) is 0 Å². The van der Waals surface area contributed by atoms with Crippen LogP contribution in [0.25, 0.3) is 10.1 Å². The van der Waals surface area contributed by atoms with Gasteiger partial charge in [0.2, 0.25) is 0 Å². The highest BCUT2D eigenvalue weighted by Crippen LogP contribution is 2.52. The van der Waals surface area contributed by atoms with E-state index in [0.29, 0.717) is 0 Å². The first kappa shape index (κ1) is 41.1. The van der Waals surface area contributed by atoms with Crippen LogP contribution in [-0.4, -0.2) is 0 Å². The lowest BCUT2D eigenvalue weighted by molar-refractivity contribution is 0.332. The number of aryl methyl sites for hydroxylation is 4. The van der Waals surface area contributed by atoms with Crippen LogP contribution in [0.3, 0.4) is 0 Å². The van der Waals surface area contributed by atoms with Crippen LogP contribution in [0.15, 0.2) is 102 Å². The van der Waals surface area contributed by atoms with Crippen molar-refractivity contribution in [3.8, 4) is 0 Å². The molecule has 0 fully saturated rings. The number of thiophene rings is 1. The smallest absolute Gasteiger partial charge is 0.0887 e. The maximum atomic E-state index is 7.95. The molecule has 298 valence electrons. The number of nitrogens with zero attached hydrogens (tertiary/aromatic N) is 2. The van der Waals surface area contributed by atoms with Gasteiger partial charge < -0.3 is 9.80 Å². The molecular weight excluding hydrogens is 732 g/mol. The maximum Gasteiger partial charge on any atom is 0.0887 e. The third-order valence-corrected chi connectivity index (χ3v) is 13.8.